The van der Waals surface area contributed by atoms with Crippen LogP contribution in [0.25, 0.3) is 11.5 Å². The van der Waals surface area contributed by atoms with Crippen molar-refractivity contribution in [1.82, 2.24) is 4.98 Å². The second-order valence-electron chi connectivity index (χ2n) is 4.73. The van der Waals surface area contributed by atoms with Crippen LogP contribution in [0.3, 0.4) is 0 Å². The Hall–Kier alpha value is -2.12. The summed E-state index contributed by atoms with van der Waals surface area (Å²) in [5.74, 6) is 0.373. The minimum absolute atomic E-state index is 0.117. The van der Waals surface area contributed by atoms with Gasteiger partial charge in [0.15, 0.2) is 0 Å². The van der Waals surface area contributed by atoms with E-state index in [9.17, 15) is 8.42 Å². The standard InChI is InChI=1S/C16H13BrN2O3S/c1-18-15-16(19-14(22-15)11-5-3-2-4-6-11)23(20,21)13-9-7-12(17)8-10-13/h2-10,18H,1H3. The summed E-state index contributed by atoms with van der Waals surface area (Å²) in [5.41, 5.74) is 0.709. The van der Waals surface area contributed by atoms with Crippen LogP contribution in [-0.4, -0.2) is 20.4 Å². The number of aromatic nitrogens is 1. The van der Waals surface area contributed by atoms with Gasteiger partial charge < -0.3 is 9.73 Å². The number of halogens is 1. The largest absolute Gasteiger partial charge is 0.419 e. The van der Waals surface area contributed by atoms with Crippen molar-refractivity contribution in [2.24, 2.45) is 0 Å². The van der Waals surface area contributed by atoms with Crippen LogP contribution in [0.5, 0.6) is 0 Å². The molecule has 7 heteroatoms. The molecule has 1 heterocycles. The molecule has 0 saturated carbocycles. The van der Waals surface area contributed by atoms with E-state index >= 15 is 0 Å². The molecular formula is C16H13BrN2O3S. The second kappa shape index (κ2) is 6.17. The van der Waals surface area contributed by atoms with E-state index in [1.165, 1.54) is 12.1 Å². The fourth-order valence-corrected chi connectivity index (χ4v) is 3.65. The number of rotatable bonds is 4. The molecule has 0 amide bonds. The molecule has 0 unspecified atom stereocenters. The molecular weight excluding hydrogens is 380 g/mol. The maximum atomic E-state index is 12.8. The van der Waals surface area contributed by atoms with Crippen molar-refractivity contribution in [3.63, 3.8) is 0 Å². The van der Waals surface area contributed by atoms with Crippen LogP contribution in [0.15, 0.2) is 73.4 Å². The molecule has 0 aliphatic rings. The molecule has 1 aromatic heterocycles. The van der Waals surface area contributed by atoms with Gasteiger partial charge in [0.1, 0.15) is 0 Å². The maximum Gasteiger partial charge on any atom is 0.233 e. The number of nitrogens with zero attached hydrogens (tertiary/aromatic N) is 1. The lowest BCUT2D eigenvalue weighted by atomic mass is 10.2. The summed E-state index contributed by atoms with van der Waals surface area (Å²) in [4.78, 5) is 4.35. The Bertz CT molecular complexity index is 920. The summed E-state index contributed by atoms with van der Waals surface area (Å²) in [6.07, 6.45) is 0. The molecule has 0 bridgehead atoms. The summed E-state index contributed by atoms with van der Waals surface area (Å²) in [5, 5.41) is 2.63. The highest BCUT2D eigenvalue weighted by molar-refractivity contribution is 9.10. The third-order valence-electron chi connectivity index (χ3n) is 3.22. The highest BCUT2D eigenvalue weighted by Gasteiger charge is 2.27. The lowest BCUT2D eigenvalue weighted by molar-refractivity contribution is 0.580. The number of benzene rings is 2. The summed E-state index contributed by atoms with van der Waals surface area (Å²) >= 11 is 3.29. The number of nitrogens with one attached hydrogen (secondary N) is 1. The molecule has 0 fully saturated rings. The smallest absolute Gasteiger partial charge is 0.233 e. The number of oxazole rings is 1. The predicted molar refractivity (Wildman–Crippen MR) is 91.1 cm³/mol. The summed E-state index contributed by atoms with van der Waals surface area (Å²) in [6, 6.07) is 15.5. The zero-order valence-corrected chi connectivity index (χ0v) is 14.6. The molecule has 0 atom stereocenters. The molecule has 0 saturated heterocycles. The third-order valence-corrected chi connectivity index (χ3v) is 5.43. The fourth-order valence-electron chi connectivity index (χ4n) is 2.08. The molecule has 1 N–H and O–H groups in total. The molecule has 2 aromatic carbocycles. The van der Waals surface area contributed by atoms with Gasteiger partial charge >= 0.3 is 0 Å². The Morgan fingerprint density at radius 2 is 1.70 bits per heavy atom. The molecule has 0 aliphatic carbocycles. The fraction of sp³-hybridized carbons (Fsp3) is 0.0625. The van der Waals surface area contributed by atoms with Crippen LogP contribution in [-0.2, 0) is 9.84 Å². The minimum Gasteiger partial charge on any atom is -0.419 e. The summed E-state index contributed by atoms with van der Waals surface area (Å²) in [6.45, 7) is 0. The SMILES string of the molecule is CNc1oc(-c2ccccc2)nc1S(=O)(=O)c1ccc(Br)cc1. The minimum atomic E-state index is -3.77. The number of hydrogen-bond donors (Lipinski definition) is 1. The van der Waals surface area contributed by atoms with E-state index in [-0.39, 0.29) is 21.7 Å². The van der Waals surface area contributed by atoms with Gasteiger partial charge in [0.2, 0.25) is 26.6 Å². The van der Waals surface area contributed by atoms with Gasteiger partial charge in [-0.3, -0.25) is 0 Å². The van der Waals surface area contributed by atoms with Gasteiger partial charge in [-0.2, -0.15) is 4.98 Å². The average Bonchev–Trinajstić information content (AvgIpc) is 3.01. The monoisotopic (exact) mass is 392 g/mol. The van der Waals surface area contributed by atoms with Crippen molar-refractivity contribution in [2.75, 3.05) is 12.4 Å². The Morgan fingerprint density at radius 3 is 2.30 bits per heavy atom. The third kappa shape index (κ3) is 3.02. The molecule has 0 spiro atoms. The van der Waals surface area contributed by atoms with Crippen molar-refractivity contribution < 1.29 is 12.8 Å². The molecule has 3 rings (SSSR count). The summed E-state index contributed by atoms with van der Waals surface area (Å²) in [7, 11) is -2.18. The van der Waals surface area contributed by atoms with E-state index in [1.807, 2.05) is 18.2 Å². The van der Waals surface area contributed by atoms with Crippen molar-refractivity contribution in [2.45, 2.75) is 9.92 Å². The van der Waals surface area contributed by atoms with Crippen molar-refractivity contribution in [3.05, 3.63) is 59.1 Å². The van der Waals surface area contributed by atoms with Crippen LogP contribution in [0.2, 0.25) is 0 Å². The maximum absolute atomic E-state index is 12.8. The van der Waals surface area contributed by atoms with E-state index in [4.69, 9.17) is 4.42 Å². The van der Waals surface area contributed by atoms with E-state index in [1.54, 1.807) is 31.3 Å². The lowest BCUT2D eigenvalue weighted by Crippen LogP contribution is -2.05. The Balaban J connectivity index is 2.12. The number of hydrogen-bond acceptors (Lipinski definition) is 5. The molecule has 0 radical (unpaired) electrons. The first-order valence-corrected chi connectivity index (χ1v) is 9.04. The molecule has 23 heavy (non-hydrogen) atoms. The Kier molecular flexibility index (Phi) is 4.23. The average molecular weight is 393 g/mol. The van der Waals surface area contributed by atoms with E-state index < -0.39 is 9.84 Å². The van der Waals surface area contributed by atoms with Gasteiger partial charge in [0.05, 0.1) is 4.90 Å². The Labute approximate surface area is 142 Å². The highest BCUT2D eigenvalue weighted by Crippen LogP contribution is 2.32. The second-order valence-corrected chi connectivity index (χ2v) is 7.51. The van der Waals surface area contributed by atoms with Gasteiger partial charge in [-0.25, -0.2) is 8.42 Å². The van der Waals surface area contributed by atoms with Crippen molar-refractivity contribution in [1.29, 1.82) is 0 Å². The first-order chi connectivity index (χ1) is 11.0. The van der Waals surface area contributed by atoms with E-state index in [0.717, 1.165) is 4.47 Å². The highest BCUT2D eigenvalue weighted by atomic mass is 79.9. The molecule has 3 aromatic rings. The van der Waals surface area contributed by atoms with Crippen LogP contribution in [0.4, 0.5) is 5.88 Å². The van der Waals surface area contributed by atoms with E-state index in [0.29, 0.717) is 5.56 Å². The first kappa shape index (κ1) is 15.8. The van der Waals surface area contributed by atoms with Crippen molar-refractivity contribution in [3.8, 4) is 11.5 Å². The van der Waals surface area contributed by atoms with Crippen LogP contribution in [0.1, 0.15) is 0 Å². The quantitative estimate of drug-likeness (QED) is 0.726. The van der Waals surface area contributed by atoms with Crippen LogP contribution < -0.4 is 5.32 Å². The lowest BCUT2D eigenvalue weighted by Gasteiger charge is -2.02. The first-order valence-electron chi connectivity index (χ1n) is 6.77. The molecule has 5 nitrogen and oxygen atoms in total. The number of anilines is 1. The van der Waals surface area contributed by atoms with Gasteiger partial charge in [-0.15, -0.1) is 0 Å². The Morgan fingerprint density at radius 1 is 1.04 bits per heavy atom. The van der Waals surface area contributed by atoms with Crippen molar-refractivity contribution >= 4 is 31.7 Å². The topological polar surface area (TPSA) is 72.2 Å². The van der Waals surface area contributed by atoms with Gasteiger partial charge in [-0.05, 0) is 36.4 Å². The number of sulfone groups is 1. The zero-order valence-electron chi connectivity index (χ0n) is 12.2. The van der Waals surface area contributed by atoms with Gasteiger partial charge in [0, 0.05) is 17.1 Å². The van der Waals surface area contributed by atoms with Crippen LogP contribution >= 0.6 is 15.9 Å². The normalized spacial score (nSPS) is 11.4. The molecule has 118 valence electrons. The predicted octanol–water partition coefficient (Wildman–Crippen LogP) is 3.98. The van der Waals surface area contributed by atoms with E-state index in [2.05, 4.69) is 26.2 Å². The van der Waals surface area contributed by atoms with Gasteiger partial charge in [0.25, 0.3) is 0 Å². The molecule has 0 aliphatic heterocycles. The zero-order chi connectivity index (χ0) is 16.4. The van der Waals surface area contributed by atoms with Crippen LogP contribution in [0, 0.1) is 0 Å². The van der Waals surface area contributed by atoms with Gasteiger partial charge in [-0.1, -0.05) is 34.1 Å². The summed E-state index contributed by atoms with van der Waals surface area (Å²) < 4.78 is 32.0.